The molecule has 1 aromatic carbocycles. The summed E-state index contributed by atoms with van der Waals surface area (Å²) in [4.78, 5) is 0. The number of hydrogen-bond donors (Lipinski definition) is 0. The van der Waals surface area contributed by atoms with Crippen LogP contribution >= 0.6 is 15.9 Å². The fourth-order valence-corrected chi connectivity index (χ4v) is 4.93. The molecule has 0 aromatic heterocycles. The Morgan fingerprint density at radius 1 is 1.15 bits per heavy atom. The van der Waals surface area contributed by atoms with E-state index in [-0.39, 0.29) is 5.82 Å². The highest BCUT2D eigenvalue weighted by Crippen LogP contribution is 2.30. The van der Waals surface area contributed by atoms with Gasteiger partial charge in [0, 0.05) is 6.61 Å². The molecular weight excluding hydrogens is 339 g/mol. The molecular formula is C15H24BrFO2Si. The summed E-state index contributed by atoms with van der Waals surface area (Å²) in [5.74, 6) is 0.408. The molecule has 0 aliphatic rings. The lowest BCUT2D eigenvalue weighted by Crippen LogP contribution is -2.44. The normalized spacial score (nSPS) is 11.7. The summed E-state index contributed by atoms with van der Waals surface area (Å²) in [5.41, 5.74) is 0. The third-order valence-corrected chi connectivity index (χ3v) is 7.48. The van der Waals surface area contributed by atoms with Crippen molar-refractivity contribution < 1.29 is 13.2 Å². The van der Waals surface area contributed by atoms with E-state index >= 15 is 0 Å². The van der Waals surface area contributed by atoms with E-state index in [1.807, 2.05) is 0 Å². The summed E-state index contributed by atoms with van der Waals surface area (Å²) in [7, 11) is -2.24. The van der Waals surface area contributed by atoms with Gasteiger partial charge in [-0.1, -0.05) is 33.6 Å². The van der Waals surface area contributed by atoms with Crippen LogP contribution in [0, 0.1) is 5.82 Å². The maximum Gasteiger partial charge on any atom is 0.398 e. The molecule has 0 aliphatic heterocycles. The molecule has 0 atom stereocenters. The van der Waals surface area contributed by atoms with Gasteiger partial charge < -0.3 is 8.85 Å². The first kappa shape index (κ1) is 17.7. The smallest absolute Gasteiger partial charge is 0.398 e. The van der Waals surface area contributed by atoms with E-state index in [1.54, 1.807) is 6.07 Å². The Hall–Kier alpha value is -0.393. The molecule has 20 heavy (non-hydrogen) atoms. The largest absolute Gasteiger partial charge is 0.519 e. The van der Waals surface area contributed by atoms with Gasteiger partial charge in [0.05, 0.1) is 4.47 Å². The lowest BCUT2D eigenvalue weighted by atomic mass is 10.3. The van der Waals surface area contributed by atoms with E-state index in [9.17, 15) is 4.39 Å². The molecule has 0 radical (unpaired) electrons. The van der Waals surface area contributed by atoms with E-state index in [2.05, 4.69) is 36.7 Å². The molecule has 0 saturated heterocycles. The van der Waals surface area contributed by atoms with E-state index in [0.717, 1.165) is 25.1 Å². The van der Waals surface area contributed by atoms with Gasteiger partial charge in [0.2, 0.25) is 0 Å². The van der Waals surface area contributed by atoms with Crippen LogP contribution in [0.15, 0.2) is 22.7 Å². The number of rotatable bonds is 9. The Labute approximate surface area is 131 Å². The van der Waals surface area contributed by atoms with E-state index in [1.165, 1.54) is 25.0 Å². The van der Waals surface area contributed by atoms with Gasteiger partial charge >= 0.3 is 8.56 Å². The van der Waals surface area contributed by atoms with Crippen LogP contribution in [-0.2, 0) is 4.43 Å². The van der Waals surface area contributed by atoms with Gasteiger partial charge in [0.1, 0.15) is 11.6 Å². The van der Waals surface area contributed by atoms with Gasteiger partial charge in [0.25, 0.3) is 0 Å². The van der Waals surface area contributed by atoms with Crippen LogP contribution in [0.3, 0.4) is 0 Å². The minimum Gasteiger partial charge on any atom is -0.519 e. The average molecular weight is 363 g/mol. The number of benzene rings is 1. The van der Waals surface area contributed by atoms with Crippen molar-refractivity contribution in [1.82, 2.24) is 0 Å². The zero-order valence-electron chi connectivity index (χ0n) is 12.5. The molecule has 0 N–H and O–H groups in total. The lowest BCUT2D eigenvalue weighted by Gasteiger charge is -2.30. The third kappa shape index (κ3) is 5.18. The van der Waals surface area contributed by atoms with Gasteiger partial charge in [-0.3, -0.25) is 0 Å². The Balaban J connectivity index is 2.74. The first-order chi connectivity index (χ1) is 9.56. The lowest BCUT2D eigenvalue weighted by molar-refractivity contribution is 0.231. The van der Waals surface area contributed by atoms with Crippen molar-refractivity contribution >= 4 is 24.5 Å². The zero-order valence-corrected chi connectivity index (χ0v) is 15.1. The molecule has 5 heteroatoms. The standard InChI is InChI=1S/C15H24BrFO2Si/c1-4-7-8-11-18-20(5-2,6-3)19-15-10-9-13(17)12-14(15)16/h9-10,12H,4-8,11H2,1-3H3. The van der Waals surface area contributed by atoms with Crippen molar-refractivity contribution in [2.45, 2.75) is 52.1 Å². The zero-order chi connectivity index (χ0) is 15.0. The summed E-state index contributed by atoms with van der Waals surface area (Å²) < 4.78 is 26.1. The van der Waals surface area contributed by atoms with Gasteiger partial charge in [-0.15, -0.1) is 0 Å². The van der Waals surface area contributed by atoms with Crippen LogP contribution in [0.2, 0.25) is 12.1 Å². The molecule has 2 nitrogen and oxygen atoms in total. The number of hydrogen-bond acceptors (Lipinski definition) is 2. The van der Waals surface area contributed by atoms with Gasteiger partial charge in [-0.2, -0.15) is 0 Å². The van der Waals surface area contributed by atoms with Gasteiger partial charge in [0.15, 0.2) is 0 Å². The minimum atomic E-state index is -2.24. The minimum absolute atomic E-state index is 0.270. The van der Waals surface area contributed by atoms with Gasteiger partial charge in [-0.25, -0.2) is 4.39 Å². The van der Waals surface area contributed by atoms with Crippen molar-refractivity contribution in [3.8, 4) is 5.75 Å². The molecule has 0 aliphatic carbocycles. The summed E-state index contributed by atoms with van der Waals surface area (Å²) in [6.07, 6.45) is 3.43. The topological polar surface area (TPSA) is 18.5 Å². The SMILES string of the molecule is CCCCCO[Si](CC)(CC)Oc1ccc(F)cc1Br. The number of unbranched alkanes of at least 4 members (excludes halogenated alkanes) is 2. The Morgan fingerprint density at radius 2 is 1.85 bits per heavy atom. The van der Waals surface area contributed by atoms with Crippen LogP contribution in [0.25, 0.3) is 0 Å². The maximum absolute atomic E-state index is 13.1. The molecule has 0 fully saturated rings. The fraction of sp³-hybridized carbons (Fsp3) is 0.600. The molecule has 0 spiro atoms. The second-order valence-electron chi connectivity index (χ2n) is 4.85. The second-order valence-corrected chi connectivity index (χ2v) is 9.43. The van der Waals surface area contributed by atoms with E-state index in [4.69, 9.17) is 8.85 Å². The highest BCUT2D eigenvalue weighted by atomic mass is 79.9. The molecule has 0 amide bonds. The van der Waals surface area contributed by atoms with Crippen LogP contribution in [0.1, 0.15) is 40.0 Å². The monoisotopic (exact) mass is 362 g/mol. The predicted molar refractivity (Wildman–Crippen MR) is 86.9 cm³/mol. The summed E-state index contributed by atoms with van der Waals surface area (Å²) >= 11 is 3.35. The predicted octanol–water partition coefficient (Wildman–Crippen LogP) is 5.66. The molecule has 0 heterocycles. The Bertz CT molecular complexity index is 411. The first-order valence-electron chi connectivity index (χ1n) is 7.35. The van der Waals surface area contributed by atoms with E-state index in [0.29, 0.717) is 10.2 Å². The van der Waals surface area contributed by atoms with Crippen molar-refractivity contribution in [2.75, 3.05) is 6.61 Å². The molecule has 1 aromatic rings. The summed E-state index contributed by atoms with van der Waals surface area (Å²) in [6, 6.07) is 6.29. The second kappa shape index (κ2) is 8.80. The fourth-order valence-electron chi connectivity index (χ4n) is 2.00. The Kier molecular flexibility index (Phi) is 7.77. The summed E-state index contributed by atoms with van der Waals surface area (Å²) in [5, 5.41) is 0. The highest BCUT2D eigenvalue weighted by Gasteiger charge is 2.36. The maximum atomic E-state index is 13.1. The van der Waals surface area contributed by atoms with Crippen LogP contribution in [-0.4, -0.2) is 15.2 Å². The molecule has 0 unspecified atom stereocenters. The highest BCUT2D eigenvalue weighted by molar-refractivity contribution is 9.10. The van der Waals surface area contributed by atoms with Crippen LogP contribution < -0.4 is 4.43 Å². The average Bonchev–Trinajstić information content (AvgIpc) is 2.45. The van der Waals surface area contributed by atoms with E-state index < -0.39 is 8.56 Å². The molecule has 0 bridgehead atoms. The van der Waals surface area contributed by atoms with Crippen LogP contribution in [0.5, 0.6) is 5.75 Å². The van der Waals surface area contributed by atoms with Crippen molar-refractivity contribution in [2.24, 2.45) is 0 Å². The Morgan fingerprint density at radius 3 is 2.40 bits per heavy atom. The van der Waals surface area contributed by atoms with Crippen LogP contribution in [0.4, 0.5) is 4.39 Å². The first-order valence-corrected chi connectivity index (χ1v) is 10.4. The quantitative estimate of drug-likeness (QED) is 0.417. The van der Waals surface area contributed by atoms with Crippen molar-refractivity contribution in [3.63, 3.8) is 0 Å². The molecule has 1 rings (SSSR count). The van der Waals surface area contributed by atoms with Crippen molar-refractivity contribution in [3.05, 3.63) is 28.5 Å². The summed E-state index contributed by atoms with van der Waals surface area (Å²) in [6.45, 7) is 7.14. The van der Waals surface area contributed by atoms with Gasteiger partial charge in [-0.05, 0) is 52.6 Å². The molecule has 0 saturated carbocycles. The molecule has 114 valence electrons. The number of halogens is 2. The third-order valence-electron chi connectivity index (χ3n) is 3.38. The van der Waals surface area contributed by atoms with Crippen molar-refractivity contribution in [1.29, 1.82) is 0 Å².